The molecular formula is C21H22ClF3N2O4. The maximum Gasteiger partial charge on any atom is 0.416 e. The van der Waals surface area contributed by atoms with E-state index in [9.17, 15) is 18.0 Å². The van der Waals surface area contributed by atoms with Gasteiger partial charge >= 0.3 is 12.1 Å². The summed E-state index contributed by atoms with van der Waals surface area (Å²) in [5.41, 5.74) is 0.0224. The molecule has 2 aromatic rings. The van der Waals surface area contributed by atoms with Gasteiger partial charge in [0.05, 0.1) is 44.2 Å². The number of hydrogen-bond acceptors (Lipinski definition) is 5. The van der Waals surface area contributed by atoms with Crippen molar-refractivity contribution < 1.29 is 32.2 Å². The van der Waals surface area contributed by atoms with Gasteiger partial charge in [0.2, 0.25) is 5.88 Å². The first-order chi connectivity index (χ1) is 14.6. The van der Waals surface area contributed by atoms with Crippen LogP contribution in [0.15, 0.2) is 30.3 Å². The summed E-state index contributed by atoms with van der Waals surface area (Å²) in [6.07, 6.45) is -1.73. The van der Waals surface area contributed by atoms with E-state index in [4.69, 9.17) is 25.8 Å². The fourth-order valence-electron chi connectivity index (χ4n) is 2.88. The molecule has 0 saturated carbocycles. The van der Waals surface area contributed by atoms with Crippen molar-refractivity contribution in [2.75, 3.05) is 26.4 Å². The number of carbonyl (C=O) groups is 1. The summed E-state index contributed by atoms with van der Waals surface area (Å²) in [5, 5.41) is 4.34. The first-order valence-electron chi connectivity index (χ1n) is 9.58. The molecule has 2 heterocycles. The van der Waals surface area contributed by atoms with Crippen LogP contribution >= 0.6 is 11.6 Å². The van der Waals surface area contributed by atoms with E-state index in [1.54, 1.807) is 13.0 Å². The van der Waals surface area contributed by atoms with Gasteiger partial charge in [0.25, 0.3) is 0 Å². The molecule has 6 nitrogen and oxygen atoms in total. The van der Waals surface area contributed by atoms with Gasteiger partial charge in [-0.1, -0.05) is 24.6 Å². The molecular weight excluding hydrogens is 437 g/mol. The minimum absolute atomic E-state index is 0.0350. The van der Waals surface area contributed by atoms with Gasteiger partial charge in [-0.3, -0.25) is 4.68 Å². The van der Waals surface area contributed by atoms with E-state index in [0.717, 1.165) is 12.1 Å². The van der Waals surface area contributed by atoms with E-state index < -0.39 is 17.7 Å². The molecule has 31 heavy (non-hydrogen) atoms. The van der Waals surface area contributed by atoms with Crippen molar-refractivity contribution in [3.8, 4) is 5.88 Å². The summed E-state index contributed by atoms with van der Waals surface area (Å²) in [6, 6.07) is 4.78. The number of nitrogens with zero attached hydrogens (tertiary/aromatic N) is 2. The Balaban J connectivity index is 1.83. The predicted octanol–water partition coefficient (Wildman–Crippen LogP) is 4.60. The van der Waals surface area contributed by atoms with E-state index in [1.807, 2.05) is 6.92 Å². The van der Waals surface area contributed by atoms with E-state index in [2.05, 4.69) is 5.10 Å². The molecule has 0 bridgehead atoms. The molecule has 10 heteroatoms. The van der Waals surface area contributed by atoms with Crippen molar-refractivity contribution in [3.63, 3.8) is 0 Å². The molecule has 0 aliphatic carbocycles. The Kier molecular flexibility index (Phi) is 6.96. The Morgan fingerprint density at radius 3 is 2.68 bits per heavy atom. The van der Waals surface area contributed by atoms with Gasteiger partial charge in [-0.05, 0) is 30.7 Å². The van der Waals surface area contributed by atoms with Gasteiger partial charge in [-0.15, -0.1) is 5.10 Å². The molecule has 3 rings (SSSR count). The molecule has 0 radical (unpaired) electrons. The number of benzene rings is 1. The highest BCUT2D eigenvalue weighted by molar-refractivity contribution is 6.31. The highest BCUT2D eigenvalue weighted by atomic mass is 35.5. The standard InChI is InChI=1S/C21H22ClF3N2O4/c1-3-30-19(28)7-6-16-9-18(31-13-20(2)11-29-12-20)26-27(16)10-14-4-5-15(8-17(14)22)21(23,24)25/h4-9H,3,10-13H2,1-2H3. The van der Waals surface area contributed by atoms with Gasteiger partial charge in [-0.2, -0.15) is 13.2 Å². The van der Waals surface area contributed by atoms with Gasteiger partial charge in [0.15, 0.2) is 0 Å². The quantitative estimate of drug-likeness (QED) is 0.427. The summed E-state index contributed by atoms with van der Waals surface area (Å²) in [5.74, 6) is -0.205. The summed E-state index contributed by atoms with van der Waals surface area (Å²) in [4.78, 5) is 11.7. The van der Waals surface area contributed by atoms with Crippen LogP contribution < -0.4 is 4.74 Å². The van der Waals surface area contributed by atoms with Crippen LogP contribution in [0.5, 0.6) is 5.88 Å². The van der Waals surface area contributed by atoms with Crippen LogP contribution in [-0.4, -0.2) is 42.2 Å². The maximum atomic E-state index is 12.9. The number of halogens is 4. The van der Waals surface area contributed by atoms with E-state index in [1.165, 1.54) is 22.9 Å². The van der Waals surface area contributed by atoms with Crippen LogP contribution in [0.1, 0.15) is 30.7 Å². The minimum atomic E-state index is -4.48. The van der Waals surface area contributed by atoms with Gasteiger partial charge in [-0.25, -0.2) is 4.79 Å². The highest BCUT2D eigenvalue weighted by Crippen LogP contribution is 2.33. The third-order valence-electron chi connectivity index (χ3n) is 4.64. The molecule has 0 atom stereocenters. The summed E-state index contributed by atoms with van der Waals surface area (Å²) < 4.78 is 56.0. The van der Waals surface area contributed by atoms with Crippen LogP contribution in [0, 0.1) is 5.41 Å². The summed E-state index contributed by atoms with van der Waals surface area (Å²) >= 11 is 6.08. The number of carbonyl (C=O) groups excluding carboxylic acids is 1. The van der Waals surface area contributed by atoms with Crippen molar-refractivity contribution in [3.05, 3.63) is 52.2 Å². The fourth-order valence-corrected chi connectivity index (χ4v) is 3.12. The second-order valence-electron chi connectivity index (χ2n) is 7.55. The first kappa shape index (κ1) is 23.1. The molecule has 1 aromatic carbocycles. The number of esters is 1. The largest absolute Gasteiger partial charge is 0.476 e. The van der Waals surface area contributed by atoms with Gasteiger partial charge in [0, 0.05) is 22.6 Å². The van der Waals surface area contributed by atoms with Crippen LogP contribution in [0.2, 0.25) is 5.02 Å². The second kappa shape index (κ2) is 9.32. The number of ether oxygens (including phenoxy) is 3. The SMILES string of the molecule is CCOC(=O)C=Cc1cc(OCC2(C)COC2)nn1Cc1ccc(C(F)(F)F)cc1Cl. The Hall–Kier alpha value is -2.52. The second-order valence-corrected chi connectivity index (χ2v) is 7.95. The first-order valence-corrected chi connectivity index (χ1v) is 9.96. The average Bonchev–Trinajstić information content (AvgIpc) is 3.06. The lowest BCUT2D eigenvalue weighted by molar-refractivity contribution is -0.138. The van der Waals surface area contributed by atoms with Crippen molar-refractivity contribution in [2.45, 2.75) is 26.6 Å². The Morgan fingerprint density at radius 1 is 1.35 bits per heavy atom. The number of rotatable bonds is 8. The number of alkyl halides is 3. The lowest BCUT2D eigenvalue weighted by Gasteiger charge is -2.37. The molecule has 1 aromatic heterocycles. The van der Waals surface area contributed by atoms with Gasteiger partial charge in [0.1, 0.15) is 0 Å². The molecule has 0 spiro atoms. The zero-order valence-corrected chi connectivity index (χ0v) is 17.8. The number of hydrogen-bond donors (Lipinski definition) is 0. The van der Waals surface area contributed by atoms with Crippen LogP contribution in [0.25, 0.3) is 6.08 Å². The fraction of sp³-hybridized carbons (Fsp3) is 0.429. The lowest BCUT2D eigenvalue weighted by atomic mass is 9.90. The van der Waals surface area contributed by atoms with Crippen molar-refractivity contribution in [1.82, 2.24) is 9.78 Å². The van der Waals surface area contributed by atoms with E-state index >= 15 is 0 Å². The molecule has 0 amide bonds. The minimum Gasteiger partial charge on any atom is -0.476 e. The summed E-state index contributed by atoms with van der Waals surface area (Å²) in [7, 11) is 0. The highest BCUT2D eigenvalue weighted by Gasteiger charge is 2.34. The van der Waals surface area contributed by atoms with E-state index in [0.29, 0.717) is 37.0 Å². The predicted molar refractivity (Wildman–Crippen MR) is 108 cm³/mol. The van der Waals surface area contributed by atoms with Crippen molar-refractivity contribution in [1.29, 1.82) is 0 Å². The molecule has 168 valence electrons. The van der Waals surface area contributed by atoms with Crippen LogP contribution in [-0.2, 0) is 27.0 Å². The molecule has 1 aliphatic heterocycles. The Morgan fingerprint density at radius 2 is 2.10 bits per heavy atom. The number of aromatic nitrogens is 2. The smallest absolute Gasteiger partial charge is 0.416 e. The third-order valence-corrected chi connectivity index (χ3v) is 4.99. The normalized spacial score (nSPS) is 15.7. The molecule has 1 aliphatic rings. The lowest BCUT2D eigenvalue weighted by Crippen LogP contribution is -2.44. The monoisotopic (exact) mass is 458 g/mol. The van der Waals surface area contributed by atoms with Crippen LogP contribution in [0.4, 0.5) is 13.2 Å². The molecule has 0 unspecified atom stereocenters. The van der Waals surface area contributed by atoms with Gasteiger partial charge < -0.3 is 14.2 Å². The van der Waals surface area contributed by atoms with Crippen molar-refractivity contribution >= 4 is 23.6 Å². The van der Waals surface area contributed by atoms with Crippen molar-refractivity contribution in [2.24, 2.45) is 5.41 Å². The van der Waals surface area contributed by atoms with Crippen LogP contribution in [0.3, 0.4) is 0 Å². The maximum absolute atomic E-state index is 12.9. The zero-order valence-electron chi connectivity index (χ0n) is 17.0. The topological polar surface area (TPSA) is 62.6 Å². The zero-order chi connectivity index (χ0) is 22.6. The Bertz CT molecular complexity index is 968. The summed E-state index contributed by atoms with van der Waals surface area (Å²) in [6.45, 7) is 5.61. The average molecular weight is 459 g/mol. The third kappa shape index (κ3) is 6.01. The Labute approximate surface area is 182 Å². The van der Waals surface area contributed by atoms with E-state index in [-0.39, 0.29) is 23.6 Å². The molecule has 1 saturated heterocycles. The molecule has 1 fully saturated rings. The molecule has 0 N–H and O–H groups in total.